The number of aryl methyl sites for hydroxylation is 2. The second kappa shape index (κ2) is 9.20. The van der Waals surface area contributed by atoms with Crippen LogP contribution in [0.15, 0.2) is 76.4 Å². The lowest BCUT2D eigenvalue weighted by molar-refractivity contribution is -0.116. The number of amides is 1. The van der Waals surface area contributed by atoms with Crippen LogP contribution in [-0.2, 0) is 24.3 Å². The van der Waals surface area contributed by atoms with Gasteiger partial charge >= 0.3 is 5.69 Å². The van der Waals surface area contributed by atoms with Gasteiger partial charge in [-0.2, -0.15) is 0 Å². The van der Waals surface area contributed by atoms with Crippen molar-refractivity contribution in [2.45, 2.75) is 26.4 Å². The van der Waals surface area contributed by atoms with Gasteiger partial charge in [-0.25, -0.2) is 9.78 Å². The van der Waals surface area contributed by atoms with Gasteiger partial charge in [-0.1, -0.05) is 48.0 Å². The van der Waals surface area contributed by atoms with E-state index in [1.165, 1.54) is 10.8 Å². The molecule has 4 rings (SSSR count). The molecule has 32 heavy (non-hydrogen) atoms. The molecule has 0 unspecified atom stereocenters. The average Bonchev–Trinajstić information content (AvgIpc) is 2.80. The van der Waals surface area contributed by atoms with E-state index >= 15 is 0 Å². The molecule has 2 heterocycles. The van der Waals surface area contributed by atoms with E-state index < -0.39 is 17.2 Å². The standard InChI is InChI=1S/C24H21ClN4O3/c1-16-9-10-18(25)14-20(16)27-21(30)15-29-22-19(8-5-12-26-22)23(31)28(24(29)32)13-11-17-6-3-2-4-7-17/h2-10,12,14H,11,13,15H2,1H3,(H,27,30). The lowest BCUT2D eigenvalue weighted by atomic mass is 10.1. The summed E-state index contributed by atoms with van der Waals surface area (Å²) in [6, 6.07) is 18.0. The van der Waals surface area contributed by atoms with E-state index in [1.807, 2.05) is 37.3 Å². The first-order valence-corrected chi connectivity index (χ1v) is 10.5. The minimum atomic E-state index is -0.574. The van der Waals surface area contributed by atoms with Crippen LogP contribution in [0.25, 0.3) is 11.0 Å². The Morgan fingerprint density at radius 3 is 2.59 bits per heavy atom. The number of carbonyl (C=O) groups is 1. The molecule has 0 radical (unpaired) electrons. The summed E-state index contributed by atoms with van der Waals surface area (Å²) < 4.78 is 2.39. The number of fused-ring (bicyclic) bond motifs is 1. The number of benzene rings is 2. The number of hydrogen-bond donors (Lipinski definition) is 1. The molecule has 2 aromatic carbocycles. The van der Waals surface area contributed by atoms with E-state index in [4.69, 9.17) is 11.6 Å². The molecule has 0 bridgehead atoms. The highest BCUT2D eigenvalue weighted by Gasteiger charge is 2.17. The molecule has 1 amide bonds. The van der Waals surface area contributed by atoms with E-state index in [1.54, 1.807) is 30.3 Å². The predicted octanol–water partition coefficient (Wildman–Crippen LogP) is 3.40. The molecule has 0 aliphatic carbocycles. The number of anilines is 1. The Kier molecular flexibility index (Phi) is 6.18. The van der Waals surface area contributed by atoms with Crippen molar-refractivity contribution in [1.82, 2.24) is 14.1 Å². The van der Waals surface area contributed by atoms with Gasteiger partial charge in [0.15, 0.2) is 0 Å². The fourth-order valence-corrected chi connectivity index (χ4v) is 3.71. The number of nitrogens with one attached hydrogen (secondary N) is 1. The first kappa shape index (κ1) is 21.5. The van der Waals surface area contributed by atoms with Crippen LogP contribution in [0.2, 0.25) is 5.02 Å². The Hall–Kier alpha value is -3.71. The lowest BCUT2D eigenvalue weighted by Gasteiger charge is -2.14. The van der Waals surface area contributed by atoms with Crippen LogP contribution in [0.3, 0.4) is 0 Å². The molecule has 0 aliphatic heterocycles. The fraction of sp³-hybridized carbons (Fsp3) is 0.167. The summed E-state index contributed by atoms with van der Waals surface area (Å²) in [4.78, 5) is 43.2. The van der Waals surface area contributed by atoms with Gasteiger partial charge in [0, 0.05) is 23.5 Å². The zero-order valence-electron chi connectivity index (χ0n) is 17.4. The van der Waals surface area contributed by atoms with Crippen LogP contribution in [-0.4, -0.2) is 20.0 Å². The lowest BCUT2D eigenvalue weighted by Crippen LogP contribution is -2.42. The van der Waals surface area contributed by atoms with E-state index in [0.717, 1.165) is 15.7 Å². The molecular formula is C24H21ClN4O3. The predicted molar refractivity (Wildman–Crippen MR) is 125 cm³/mol. The number of rotatable bonds is 6. The average molecular weight is 449 g/mol. The number of hydrogen-bond acceptors (Lipinski definition) is 4. The van der Waals surface area contributed by atoms with E-state index in [9.17, 15) is 14.4 Å². The van der Waals surface area contributed by atoms with Gasteiger partial charge in [-0.15, -0.1) is 0 Å². The molecular weight excluding hydrogens is 428 g/mol. The fourth-order valence-electron chi connectivity index (χ4n) is 3.54. The summed E-state index contributed by atoms with van der Waals surface area (Å²) in [6.45, 7) is 1.75. The Labute approximate surface area is 188 Å². The largest absolute Gasteiger partial charge is 0.333 e. The van der Waals surface area contributed by atoms with Gasteiger partial charge in [-0.05, 0) is 48.7 Å². The summed E-state index contributed by atoms with van der Waals surface area (Å²) >= 11 is 6.03. The molecule has 1 N–H and O–H groups in total. The third-order valence-corrected chi connectivity index (χ3v) is 5.46. The highest BCUT2D eigenvalue weighted by atomic mass is 35.5. The first-order valence-electron chi connectivity index (χ1n) is 10.1. The first-order chi connectivity index (χ1) is 15.4. The summed E-state index contributed by atoms with van der Waals surface area (Å²) in [5, 5.41) is 3.56. The van der Waals surface area contributed by atoms with Gasteiger partial charge in [0.2, 0.25) is 5.91 Å². The molecule has 4 aromatic rings. The number of pyridine rings is 1. The Morgan fingerprint density at radius 1 is 1.03 bits per heavy atom. The number of carbonyl (C=O) groups excluding carboxylic acids is 1. The summed E-state index contributed by atoms with van der Waals surface area (Å²) in [5.41, 5.74) is 1.59. The maximum Gasteiger partial charge on any atom is 0.333 e. The Balaban J connectivity index is 1.70. The van der Waals surface area contributed by atoms with Crippen LogP contribution in [0.5, 0.6) is 0 Å². The number of halogens is 1. The van der Waals surface area contributed by atoms with Crippen LogP contribution < -0.4 is 16.6 Å². The molecule has 0 spiro atoms. The molecule has 0 saturated carbocycles. The monoisotopic (exact) mass is 448 g/mol. The zero-order chi connectivity index (χ0) is 22.7. The van der Waals surface area contributed by atoms with Gasteiger partial charge in [0.1, 0.15) is 12.2 Å². The summed E-state index contributed by atoms with van der Waals surface area (Å²) in [5.74, 6) is -0.419. The summed E-state index contributed by atoms with van der Waals surface area (Å²) in [6.07, 6.45) is 2.00. The van der Waals surface area contributed by atoms with E-state index in [-0.39, 0.29) is 24.1 Å². The van der Waals surface area contributed by atoms with Crippen LogP contribution in [0, 0.1) is 6.92 Å². The normalized spacial score (nSPS) is 10.9. The molecule has 7 nitrogen and oxygen atoms in total. The topological polar surface area (TPSA) is 86.0 Å². The zero-order valence-corrected chi connectivity index (χ0v) is 18.2. The molecule has 162 valence electrons. The minimum absolute atomic E-state index is 0.177. The van der Waals surface area contributed by atoms with Crippen molar-refractivity contribution in [3.63, 3.8) is 0 Å². The van der Waals surface area contributed by atoms with Crippen molar-refractivity contribution in [1.29, 1.82) is 0 Å². The van der Waals surface area contributed by atoms with Crippen molar-refractivity contribution in [2.24, 2.45) is 0 Å². The van der Waals surface area contributed by atoms with Crippen molar-refractivity contribution < 1.29 is 4.79 Å². The number of aromatic nitrogens is 3. The highest BCUT2D eigenvalue weighted by Crippen LogP contribution is 2.20. The van der Waals surface area contributed by atoms with Gasteiger partial charge < -0.3 is 5.32 Å². The highest BCUT2D eigenvalue weighted by molar-refractivity contribution is 6.31. The molecule has 0 saturated heterocycles. The SMILES string of the molecule is Cc1ccc(Cl)cc1NC(=O)Cn1c(=O)n(CCc2ccccc2)c(=O)c2cccnc21. The maximum absolute atomic E-state index is 13.2. The number of nitrogens with zero attached hydrogens (tertiary/aromatic N) is 3. The third-order valence-electron chi connectivity index (χ3n) is 5.22. The van der Waals surface area contributed by atoms with E-state index in [0.29, 0.717) is 17.1 Å². The molecule has 0 fully saturated rings. The van der Waals surface area contributed by atoms with Gasteiger partial charge in [0.05, 0.1) is 5.39 Å². The van der Waals surface area contributed by atoms with Crippen molar-refractivity contribution >= 4 is 34.2 Å². The minimum Gasteiger partial charge on any atom is -0.324 e. The van der Waals surface area contributed by atoms with Crippen molar-refractivity contribution in [3.8, 4) is 0 Å². The molecule has 0 aliphatic rings. The molecule has 2 aromatic heterocycles. The quantitative estimate of drug-likeness (QED) is 0.490. The van der Waals surface area contributed by atoms with Crippen molar-refractivity contribution in [2.75, 3.05) is 5.32 Å². The van der Waals surface area contributed by atoms with Crippen LogP contribution in [0.1, 0.15) is 11.1 Å². The van der Waals surface area contributed by atoms with Crippen molar-refractivity contribution in [3.05, 3.63) is 104 Å². The van der Waals surface area contributed by atoms with Crippen LogP contribution in [0.4, 0.5) is 5.69 Å². The van der Waals surface area contributed by atoms with Gasteiger partial charge in [-0.3, -0.25) is 18.7 Å². The molecule has 8 heteroatoms. The third kappa shape index (κ3) is 4.48. The van der Waals surface area contributed by atoms with Gasteiger partial charge in [0.25, 0.3) is 5.56 Å². The summed E-state index contributed by atoms with van der Waals surface area (Å²) in [7, 11) is 0. The maximum atomic E-state index is 13.2. The Bertz CT molecular complexity index is 1410. The van der Waals surface area contributed by atoms with Crippen LogP contribution >= 0.6 is 11.6 Å². The second-order valence-corrected chi connectivity index (χ2v) is 7.88. The second-order valence-electron chi connectivity index (χ2n) is 7.44. The Morgan fingerprint density at radius 2 is 1.81 bits per heavy atom. The smallest absolute Gasteiger partial charge is 0.324 e. The van der Waals surface area contributed by atoms with E-state index in [2.05, 4.69) is 10.3 Å². The molecule has 0 atom stereocenters.